The maximum Gasteiger partial charge on any atom is 0.339 e. The summed E-state index contributed by atoms with van der Waals surface area (Å²) in [4.78, 5) is 10.6. The Morgan fingerprint density at radius 1 is 1.39 bits per heavy atom. The Morgan fingerprint density at radius 2 is 2.00 bits per heavy atom. The number of ether oxygens (including phenoxy) is 2. The molecule has 0 aliphatic heterocycles. The Morgan fingerprint density at radius 3 is 2.39 bits per heavy atom. The molecule has 0 aromatic heterocycles. The van der Waals surface area contributed by atoms with Crippen molar-refractivity contribution in [2.45, 2.75) is 11.8 Å². The largest absolute Gasteiger partial charge is 0.496 e. The highest BCUT2D eigenvalue weighted by atomic mass is 35.7. The molecule has 0 amide bonds. The summed E-state index contributed by atoms with van der Waals surface area (Å²) in [5.74, 6) is -1.37. The molecule has 100 valence electrons. The molecular weight excluding hydrogens is 284 g/mol. The average molecular weight is 295 g/mol. The van der Waals surface area contributed by atoms with Crippen LogP contribution in [0.2, 0.25) is 0 Å². The van der Waals surface area contributed by atoms with Gasteiger partial charge in [-0.05, 0) is 13.0 Å². The summed E-state index contributed by atoms with van der Waals surface area (Å²) in [5.41, 5.74) is -0.305. The predicted octanol–water partition coefficient (Wildman–Crippen LogP) is 1.72. The van der Waals surface area contributed by atoms with Crippen LogP contribution in [-0.2, 0) is 9.05 Å². The molecule has 0 heterocycles. The Labute approximate surface area is 109 Å². The number of carboxylic acid groups (broad SMARTS) is 1. The van der Waals surface area contributed by atoms with Crippen LogP contribution in [0.4, 0.5) is 0 Å². The van der Waals surface area contributed by atoms with Gasteiger partial charge < -0.3 is 14.6 Å². The highest BCUT2D eigenvalue weighted by Crippen LogP contribution is 2.34. The Balaban J connectivity index is 3.57. The number of aromatic carboxylic acids is 1. The SMILES string of the molecule is CCOc1cc(OC)c(C(=O)O)cc1S(=O)(=O)Cl. The Bertz CT molecular complexity index is 566. The Kier molecular flexibility index (Phi) is 4.42. The molecule has 18 heavy (non-hydrogen) atoms. The topological polar surface area (TPSA) is 89.9 Å². The van der Waals surface area contributed by atoms with Crippen LogP contribution in [0.25, 0.3) is 0 Å². The quantitative estimate of drug-likeness (QED) is 0.832. The maximum atomic E-state index is 11.4. The van der Waals surface area contributed by atoms with E-state index in [0.29, 0.717) is 0 Å². The van der Waals surface area contributed by atoms with Crippen LogP contribution >= 0.6 is 10.7 Å². The summed E-state index contributed by atoms with van der Waals surface area (Å²) in [7, 11) is 2.39. The molecular formula is C10H11ClO6S. The molecule has 0 fully saturated rings. The number of hydrogen-bond acceptors (Lipinski definition) is 5. The van der Waals surface area contributed by atoms with Crippen LogP contribution in [0.5, 0.6) is 11.5 Å². The molecule has 1 aromatic carbocycles. The summed E-state index contributed by atoms with van der Waals surface area (Å²) < 4.78 is 32.7. The van der Waals surface area contributed by atoms with Crippen LogP contribution in [0.15, 0.2) is 17.0 Å². The van der Waals surface area contributed by atoms with Crippen molar-refractivity contribution in [2.24, 2.45) is 0 Å². The van der Waals surface area contributed by atoms with Gasteiger partial charge in [0.25, 0.3) is 9.05 Å². The molecule has 0 aliphatic carbocycles. The van der Waals surface area contributed by atoms with Gasteiger partial charge in [0.05, 0.1) is 13.7 Å². The molecule has 1 aromatic rings. The van der Waals surface area contributed by atoms with E-state index in [1.54, 1.807) is 6.92 Å². The van der Waals surface area contributed by atoms with E-state index in [2.05, 4.69) is 0 Å². The molecule has 1 rings (SSSR count). The number of hydrogen-bond donors (Lipinski definition) is 1. The first-order chi connectivity index (χ1) is 8.31. The minimum atomic E-state index is -4.11. The van der Waals surface area contributed by atoms with E-state index in [4.69, 9.17) is 25.3 Å². The van der Waals surface area contributed by atoms with E-state index in [1.165, 1.54) is 13.2 Å². The number of benzene rings is 1. The third-order valence-electron chi connectivity index (χ3n) is 2.06. The summed E-state index contributed by atoms with van der Waals surface area (Å²) in [6.07, 6.45) is 0. The first kappa shape index (κ1) is 14.6. The number of methoxy groups -OCH3 is 1. The minimum absolute atomic E-state index is 0.00461. The van der Waals surface area contributed by atoms with Gasteiger partial charge in [0.15, 0.2) is 0 Å². The minimum Gasteiger partial charge on any atom is -0.496 e. The van der Waals surface area contributed by atoms with Crippen molar-refractivity contribution in [3.63, 3.8) is 0 Å². The first-order valence-electron chi connectivity index (χ1n) is 4.84. The fraction of sp³-hybridized carbons (Fsp3) is 0.300. The van der Waals surface area contributed by atoms with Crippen LogP contribution in [0.3, 0.4) is 0 Å². The zero-order valence-corrected chi connectivity index (χ0v) is 11.2. The normalized spacial score (nSPS) is 11.1. The van der Waals surface area contributed by atoms with Crippen LogP contribution in [0.1, 0.15) is 17.3 Å². The third kappa shape index (κ3) is 3.05. The van der Waals surface area contributed by atoms with E-state index in [1.807, 2.05) is 0 Å². The van der Waals surface area contributed by atoms with Crippen molar-refractivity contribution in [3.05, 3.63) is 17.7 Å². The van der Waals surface area contributed by atoms with Gasteiger partial charge in [0.2, 0.25) is 0 Å². The second-order valence-corrected chi connectivity index (χ2v) is 5.71. The zero-order chi connectivity index (χ0) is 13.9. The molecule has 6 nitrogen and oxygen atoms in total. The fourth-order valence-electron chi connectivity index (χ4n) is 1.34. The van der Waals surface area contributed by atoms with Crippen LogP contribution in [0, 0.1) is 0 Å². The molecule has 8 heteroatoms. The standard InChI is InChI=1S/C10H11ClO6S/c1-3-17-8-5-7(16-2)6(10(12)13)4-9(8)18(11,14)15/h4-5H,3H2,1-2H3,(H,12,13). The predicted molar refractivity (Wildman–Crippen MR) is 64.2 cm³/mol. The van der Waals surface area contributed by atoms with Gasteiger partial charge in [-0.3, -0.25) is 0 Å². The summed E-state index contributed by atoms with van der Waals surface area (Å²) in [6, 6.07) is 2.09. The van der Waals surface area contributed by atoms with Gasteiger partial charge in [-0.15, -0.1) is 0 Å². The lowest BCUT2D eigenvalue weighted by molar-refractivity contribution is 0.0693. The van der Waals surface area contributed by atoms with E-state index in [-0.39, 0.29) is 23.7 Å². The lowest BCUT2D eigenvalue weighted by Crippen LogP contribution is -2.06. The lowest BCUT2D eigenvalue weighted by atomic mass is 10.2. The summed E-state index contributed by atoms with van der Waals surface area (Å²) in [5, 5.41) is 8.95. The fourth-order valence-corrected chi connectivity index (χ4v) is 2.31. The van der Waals surface area contributed by atoms with Gasteiger partial charge in [0.1, 0.15) is 22.0 Å². The van der Waals surface area contributed by atoms with Crippen molar-refractivity contribution in [2.75, 3.05) is 13.7 Å². The van der Waals surface area contributed by atoms with Gasteiger partial charge in [-0.1, -0.05) is 0 Å². The summed E-state index contributed by atoms with van der Waals surface area (Å²) in [6.45, 7) is 1.86. The van der Waals surface area contributed by atoms with Gasteiger partial charge in [-0.25, -0.2) is 13.2 Å². The summed E-state index contributed by atoms with van der Waals surface area (Å²) >= 11 is 0. The molecule has 0 spiro atoms. The molecule has 0 atom stereocenters. The number of carboxylic acids is 1. The average Bonchev–Trinajstić information content (AvgIpc) is 2.26. The molecule has 0 unspecified atom stereocenters. The third-order valence-corrected chi connectivity index (χ3v) is 3.40. The van der Waals surface area contributed by atoms with E-state index < -0.39 is 19.9 Å². The van der Waals surface area contributed by atoms with Gasteiger partial charge >= 0.3 is 5.97 Å². The zero-order valence-electron chi connectivity index (χ0n) is 9.64. The number of halogens is 1. The van der Waals surface area contributed by atoms with E-state index in [0.717, 1.165) is 6.07 Å². The molecule has 0 saturated carbocycles. The molecule has 0 radical (unpaired) electrons. The molecule has 0 saturated heterocycles. The smallest absolute Gasteiger partial charge is 0.339 e. The van der Waals surface area contributed by atoms with Crippen molar-refractivity contribution in [1.29, 1.82) is 0 Å². The van der Waals surface area contributed by atoms with Crippen molar-refractivity contribution in [3.8, 4) is 11.5 Å². The van der Waals surface area contributed by atoms with Crippen molar-refractivity contribution in [1.82, 2.24) is 0 Å². The maximum absolute atomic E-state index is 11.4. The lowest BCUT2D eigenvalue weighted by Gasteiger charge is -2.12. The number of carbonyl (C=O) groups is 1. The highest BCUT2D eigenvalue weighted by Gasteiger charge is 2.23. The number of rotatable bonds is 5. The Hall–Kier alpha value is -1.47. The van der Waals surface area contributed by atoms with E-state index in [9.17, 15) is 13.2 Å². The second-order valence-electron chi connectivity index (χ2n) is 3.18. The second kappa shape index (κ2) is 5.45. The highest BCUT2D eigenvalue weighted by molar-refractivity contribution is 8.13. The van der Waals surface area contributed by atoms with Gasteiger partial charge in [0, 0.05) is 16.7 Å². The molecule has 1 N–H and O–H groups in total. The molecule has 0 bridgehead atoms. The molecule has 0 aliphatic rings. The van der Waals surface area contributed by atoms with Crippen LogP contribution < -0.4 is 9.47 Å². The monoisotopic (exact) mass is 294 g/mol. The van der Waals surface area contributed by atoms with Gasteiger partial charge in [-0.2, -0.15) is 0 Å². The first-order valence-corrected chi connectivity index (χ1v) is 7.15. The van der Waals surface area contributed by atoms with Crippen molar-refractivity contribution >= 4 is 25.7 Å². The van der Waals surface area contributed by atoms with E-state index >= 15 is 0 Å². The van der Waals surface area contributed by atoms with Crippen LogP contribution in [-0.4, -0.2) is 33.2 Å². The van der Waals surface area contributed by atoms with Crippen molar-refractivity contribution < 1.29 is 27.8 Å².